The monoisotopic (exact) mass is 205 g/mol. The normalized spacial score (nSPS) is 10.9. The average Bonchev–Trinajstić information content (AvgIpc) is 2.59. The molecule has 0 aliphatic carbocycles. The average molecular weight is 205 g/mol. The van der Waals surface area contributed by atoms with Gasteiger partial charge in [0.15, 0.2) is 11.3 Å². The molecule has 2 heterocycles. The molecule has 0 unspecified atom stereocenters. The smallest absolute Gasteiger partial charge is 0.275 e. The molecule has 1 N–H and O–H groups in total. The van der Waals surface area contributed by atoms with Crippen LogP contribution in [0.2, 0.25) is 0 Å². The molecule has 0 saturated carbocycles. The Morgan fingerprint density at radius 1 is 1.53 bits per heavy atom. The molecule has 78 valence electrons. The summed E-state index contributed by atoms with van der Waals surface area (Å²) in [7, 11) is 0. The molecule has 5 heteroatoms. The quantitative estimate of drug-likeness (QED) is 0.803. The maximum Gasteiger partial charge on any atom is 0.275 e. The third-order valence-corrected chi connectivity index (χ3v) is 1.87. The van der Waals surface area contributed by atoms with E-state index in [1.165, 1.54) is 0 Å². The molecule has 0 fully saturated rings. The summed E-state index contributed by atoms with van der Waals surface area (Å²) >= 11 is 0. The van der Waals surface area contributed by atoms with Gasteiger partial charge in [0.25, 0.3) is 5.91 Å². The molecule has 1 amide bonds. The van der Waals surface area contributed by atoms with E-state index in [0.29, 0.717) is 11.1 Å². The lowest BCUT2D eigenvalue weighted by molar-refractivity contribution is 0.0935. The molecule has 0 spiro atoms. The fourth-order valence-electron chi connectivity index (χ4n) is 1.26. The molecule has 0 bridgehead atoms. The standard InChI is InChI=1S/C10H11N3O2/c1-6(2)12-10(14)9-8-7(15-13-9)4-3-5-11-8/h3-6H,1-2H3,(H,12,14). The van der Waals surface area contributed by atoms with Gasteiger partial charge in [-0.15, -0.1) is 0 Å². The topological polar surface area (TPSA) is 68.0 Å². The van der Waals surface area contributed by atoms with E-state index in [1.54, 1.807) is 18.3 Å². The van der Waals surface area contributed by atoms with Gasteiger partial charge in [0.05, 0.1) is 0 Å². The van der Waals surface area contributed by atoms with Gasteiger partial charge < -0.3 is 9.84 Å². The summed E-state index contributed by atoms with van der Waals surface area (Å²) in [5.74, 6) is -0.262. The number of pyridine rings is 1. The van der Waals surface area contributed by atoms with Crippen molar-refractivity contribution in [2.45, 2.75) is 19.9 Å². The second kappa shape index (κ2) is 3.68. The Hall–Kier alpha value is -1.91. The first kappa shape index (κ1) is 9.64. The van der Waals surface area contributed by atoms with Crippen molar-refractivity contribution < 1.29 is 9.32 Å². The zero-order valence-electron chi connectivity index (χ0n) is 8.52. The Morgan fingerprint density at radius 3 is 3.07 bits per heavy atom. The van der Waals surface area contributed by atoms with E-state index in [2.05, 4.69) is 15.5 Å². The summed E-state index contributed by atoms with van der Waals surface area (Å²) < 4.78 is 4.98. The van der Waals surface area contributed by atoms with Crippen molar-refractivity contribution >= 4 is 17.0 Å². The van der Waals surface area contributed by atoms with Crippen LogP contribution in [0.3, 0.4) is 0 Å². The molecule has 5 nitrogen and oxygen atoms in total. The first-order valence-electron chi connectivity index (χ1n) is 4.69. The van der Waals surface area contributed by atoms with Crippen LogP contribution in [-0.4, -0.2) is 22.1 Å². The number of hydrogen-bond donors (Lipinski definition) is 1. The SMILES string of the molecule is CC(C)NC(=O)c1noc2cccnc12. The van der Waals surface area contributed by atoms with Crippen molar-refractivity contribution in [1.82, 2.24) is 15.5 Å². The van der Waals surface area contributed by atoms with E-state index in [0.717, 1.165) is 0 Å². The third-order valence-electron chi connectivity index (χ3n) is 1.87. The molecule has 0 aliphatic heterocycles. The van der Waals surface area contributed by atoms with E-state index >= 15 is 0 Å². The van der Waals surface area contributed by atoms with Crippen molar-refractivity contribution in [2.24, 2.45) is 0 Å². The molecule has 0 aromatic carbocycles. The number of carbonyl (C=O) groups is 1. The minimum atomic E-state index is -0.262. The lowest BCUT2D eigenvalue weighted by Crippen LogP contribution is -2.30. The second-order valence-electron chi connectivity index (χ2n) is 3.51. The minimum Gasteiger partial charge on any atom is -0.354 e. The maximum atomic E-state index is 11.7. The van der Waals surface area contributed by atoms with Gasteiger partial charge in [0.2, 0.25) is 0 Å². The lowest BCUT2D eigenvalue weighted by Gasteiger charge is -2.04. The van der Waals surface area contributed by atoms with E-state index < -0.39 is 0 Å². The molecule has 0 saturated heterocycles. The molecule has 0 radical (unpaired) electrons. The van der Waals surface area contributed by atoms with E-state index in [4.69, 9.17) is 4.52 Å². The van der Waals surface area contributed by atoms with E-state index in [-0.39, 0.29) is 17.6 Å². The van der Waals surface area contributed by atoms with E-state index in [1.807, 2.05) is 13.8 Å². The molecule has 2 aromatic rings. The van der Waals surface area contributed by atoms with Gasteiger partial charge in [-0.25, -0.2) is 0 Å². The van der Waals surface area contributed by atoms with Crippen LogP contribution >= 0.6 is 0 Å². The molecule has 0 atom stereocenters. The summed E-state index contributed by atoms with van der Waals surface area (Å²) in [4.78, 5) is 15.7. The van der Waals surface area contributed by atoms with Crippen LogP contribution in [0, 0.1) is 0 Å². The highest BCUT2D eigenvalue weighted by Crippen LogP contribution is 2.14. The number of hydrogen-bond acceptors (Lipinski definition) is 4. The zero-order chi connectivity index (χ0) is 10.8. The van der Waals surface area contributed by atoms with Crippen LogP contribution in [0.25, 0.3) is 11.1 Å². The Bertz CT molecular complexity index is 490. The molecule has 0 aliphatic rings. The molecule has 15 heavy (non-hydrogen) atoms. The first-order valence-corrected chi connectivity index (χ1v) is 4.69. The maximum absolute atomic E-state index is 11.7. The van der Waals surface area contributed by atoms with Crippen LogP contribution in [0.15, 0.2) is 22.9 Å². The van der Waals surface area contributed by atoms with E-state index in [9.17, 15) is 4.79 Å². The summed E-state index contributed by atoms with van der Waals surface area (Å²) in [6.07, 6.45) is 1.60. The fourth-order valence-corrected chi connectivity index (χ4v) is 1.26. The van der Waals surface area contributed by atoms with Gasteiger partial charge in [-0.2, -0.15) is 0 Å². The molecule has 2 rings (SSSR count). The Kier molecular flexibility index (Phi) is 2.37. The van der Waals surface area contributed by atoms with Gasteiger partial charge in [0, 0.05) is 12.2 Å². The number of aromatic nitrogens is 2. The Labute approximate surface area is 86.5 Å². The zero-order valence-corrected chi connectivity index (χ0v) is 8.52. The Morgan fingerprint density at radius 2 is 2.33 bits per heavy atom. The number of fused-ring (bicyclic) bond motifs is 1. The number of rotatable bonds is 2. The fraction of sp³-hybridized carbons (Fsp3) is 0.300. The lowest BCUT2D eigenvalue weighted by atomic mass is 10.3. The number of amides is 1. The van der Waals surface area contributed by atoms with Crippen molar-refractivity contribution in [1.29, 1.82) is 0 Å². The second-order valence-corrected chi connectivity index (χ2v) is 3.51. The summed E-state index contributed by atoms with van der Waals surface area (Å²) in [6.45, 7) is 3.77. The highest BCUT2D eigenvalue weighted by Gasteiger charge is 2.17. The van der Waals surface area contributed by atoms with Crippen LogP contribution < -0.4 is 5.32 Å². The minimum absolute atomic E-state index is 0.0629. The third kappa shape index (κ3) is 1.81. The molecule has 2 aromatic heterocycles. The van der Waals surface area contributed by atoms with Gasteiger partial charge in [-0.3, -0.25) is 9.78 Å². The summed E-state index contributed by atoms with van der Waals surface area (Å²) in [5, 5.41) is 6.43. The van der Waals surface area contributed by atoms with Crippen molar-refractivity contribution in [2.75, 3.05) is 0 Å². The first-order chi connectivity index (χ1) is 7.18. The Balaban J connectivity index is 2.40. The van der Waals surface area contributed by atoms with Crippen molar-refractivity contribution in [3.63, 3.8) is 0 Å². The van der Waals surface area contributed by atoms with Crippen LogP contribution in [0.4, 0.5) is 0 Å². The number of carbonyl (C=O) groups excluding carboxylic acids is 1. The largest absolute Gasteiger partial charge is 0.354 e. The predicted molar refractivity (Wildman–Crippen MR) is 54.4 cm³/mol. The number of nitrogens with one attached hydrogen (secondary N) is 1. The molecular weight excluding hydrogens is 194 g/mol. The van der Waals surface area contributed by atoms with Crippen molar-refractivity contribution in [3.05, 3.63) is 24.0 Å². The summed E-state index contributed by atoms with van der Waals surface area (Å²) in [5.41, 5.74) is 1.25. The predicted octanol–water partition coefficient (Wildman–Crippen LogP) is 1.36. The highest BCUT2D eigenvalue weighted by atomic mass is 16.5. The van der Waals surface area contributed by atoms with Gasteiger partial charge in [0.1, 0.15) is 5.52 Å². The highest BCUT2D eigenvalue weighted by molar-refractivity contribution is 6.02. The summed E-state index contributed by atoms with van der Waals surface area (Å²) in [6, 6.07) is 3.52. The van der Waals surface area contributed by atoms with Gasteiger partial charge in [-0.05, 0) is 26.0 Å². The molecular formula is C10H11N3O2. The van der Waals surface area contributed by atoms with Crippen LogP contribution in [-0.2, 0) is 0 Å². The van der Waals surface area contributed by atoms with Gasteiger partial charge in [-0.1, -0.05) is 5.16 Å². The van der Waals surface area contributed by atoms with Gasteiger partial charge >= 0.3 is 0 Å². The number of nitrogens with zero attached hydrogens (tertiary/aromatic N) is 2. The van der Waals surface area contributed by atoms with Crippen molar-refractivity contribution in [3.8, 4) is 0 Å². The van der Waals surface area contributed by atoms with Crippen LogP contribution in [0.5, 0.6) is 0 Å². The van der Waals surface area contributed by atoms with Crippen LogP contribution in [0.1, 0.15) is 24.3 Å².